The molecule has 0 saturated carbocycles. The zero-order valence-electron chi connectivity index (χ0n) is 10.8. The summed E-state index contributed by atoms with van der Waals surface area (Å²) in [6.45, 7) is 4.66. The van der Waals surface area contributed by atoms with E-state index < -0.39 is 11.9 Å². The summed E-state index contributed by atoms with van der Waals surface area (Å²) in [5.41, 5.74) is 0. The van der Waals surface area contributed by atoms with Gasteiger partial charge < -0.3 is 15.1 Å². The molecule has 0 unspecified atom stereocenters. The predicted octanol–water partition coefficient (Wildman–Crippen LogP) is 0.332. The number of piperidine rings is 1. The number of nitrogens with zero attached hydrogens (tertiary/aromatic N) is 2. The normalized spacial score (nSPS) is 18.1. The molecule has 104 valence electrons. The molecule has 2 N–H and O–H groups in total. The van der Waals surface area contributed by atoms with Gasteiger partial charge in [0.05, 0.1) is 13.1 Å². The smallest absolute Gasteiger partial charge is 0.317 e. The van der Waals surface area contributed by atoms with Crippen molar-refractivity contribution in [3.05, 3.63) is 0 Å². The third-order valence-electron chi connectivity index (χ3n) is 3.29. The molecule has 1 rings (SSSR count). The van der Waals surface area contributed by atoms with E-state index in [4.69, 9.17) is 10.2 Å². The van der Waals surface area contributed by atoms with Crippen LogP contribution in [-0.2, 0) is 9.59 Å². The molecule has 0 spiro atoms. The summed E-state index contributed by atoms with van der Waals surface area (Å²) in [7, 11) is 0. The monoisotopic (exact) mass is 258 g/mol. The standard InChI is InChI=1S/C12H22N2O4/c1-2-5-13-6-3-10(4-7-13)14(8-11(15)16)9-12(17)18/h10H,2-9H2,1H3,(H,15,16)(H,17,18). The molecule has 1 saturated heterocycles. The first kappa shape index (κ1) is 14.9. The lowest BCUT2D eigenvalue weighted by molar-refractivity contribution is -0.143. The van der Waals surface area contributed by atoms with Crippen molar-refractivity contribution in [1.82, 2.24) is 9.80 Å². The minimum Gasteiger partial charge on any atom is -0.480 e. The first-order valence-corrected chi connectivity index (χ1v) is 6.43. The Hall–Kier alpha value is -1.14. The fraction of sp³-hybridized carbons (Fsp3) is 0.833. The van der Waals surface area contributed by atoms with Crippen molar-refractivity contribution < 1.29 is 19.8 Å². The minimum atomic E-state index is -0.966. The average molecular weight is 258 g/mol. The van der Waals surface area contributed by atoms with Crippen molar-refractivity contribution in [1.29, 1.82) is 0 Å². The van der Waals surface area contributed by atoms with Gasteiger partial charge in [0.25, 0.3) is 0 Å². The summed E-state index contributed by atoms with van der Waals surface area (Å²) in [5, 5.41) is 17.6. The number of hydrogen-bond acceptors (Lipinski definition) is 4. The lowest BCUT2D eigenvalue weighted by atomic mass is 10.0. The van der Waals surface area contributed by atoms with E-state index in [1.165, 1.54) is 0 Å². The summed E-state index contributed by atoms with van der Waals surface area (Å²) in [6, 6.07) is 0.0744. The molecule has 6 heteroatoms. The third-order valence-corrected chi connectivity index (χ3v) is 3.29. The molecule has 0 aliphatic carbocycles. The van der Waals surface area contributed by atoms with Crippen LogP contribution in [0.1, 0.15) is 26.2 Å². The van der Waals surface area contributed by atoms with Crippen LogP contribution in [-0.4, -0.2) is 70.7 Å². The maximum absolute atomic E-state index is 10.8. The van der Waals surface area contributed by atoms with Gasteiger partial charge in [-0.3, -0.25) is 14.5 Å². The Morgan fingerprint density at radius 3 is 2.06 bits per heavy atom. The van der Waals surface area contributed by atoms with Gasteiger partial charge in [-0.1, -0.05) is 6.92 Å². The number of carboxylic acid groups (broad SMARTS) is 2. The minimum absolute atomic E-state index is 0.0744. The second-order valence-corrected chi connectivity index (χ2v) is 4.77. The average Bonchev–Trinajstić information content (AvgIpc) is 2.28. The Morgan fingerprint density at radius 2 is 1.67 bits per heavy atom. The van der Waals surface area contributed by atoms with Crippen LogP contribution >= 0.6 is 0 Å². The van der Waals surface area contributed by atoms with Gasteiger partial charge in [-0.15, -0.1) is 0 Å². The van der Waals surface area contributed by atoms with E-state index in [9.17, 15) is 9.59 Å². The van der Waals surface area contributed by atoms with Gasteiger partial charge >= 0.3 is 11.9 Å². The van der Waals surface area contributed by atoms with E-state index in [0.29, 0.717) is 0 Å². The Balaban J connectivity index is 2.48. The molecular weight excluding hydrogens is 236 g/mol. The van der Waals surface area contributed by atoms with Crippen molar-refractivity contribution in [2.75, 3.05) is 32.7 Å². The lowest BCUT2D eigenvalue weighted by Gasteiger charge is -2.37. The van der Waals surface area contributed by atoms with E-state index in [1.807, 2.05) is 0 Å². The van der Waals surface area contributed by atoms with E-state index in [0.717, 1.165) is 38.9 Å². The zero-order chi connectivity index (χ0) is 13.5. The molecule has 1 aliphatic heterocycles. The quantitative estimate of drug-likeness (QED) is 0.685. The van der Waals surface area contributed by atoms with Crippen molar-refractivity contribution in [3.63, 3.8) is 0 Å². The van der Waals surface area contributed by atoms with Gasteiger partial charge in [-0.2, -0.15) is 0 Å². The van der Waals surface area contributed by atoms with Crippen LogP contribution in [0, 0.1) is 0 Å². The summed E-state index contributed by atoms with van der Waals surface area (Å²) in [6.07, 6.45) is 2.81. The van der Waals surface area contributed by atoms with Crippen molar-refractivity contribution >= 4 is 11.9 Å². The van der Waals surface area contributed by atoms with E-state index >= 15 is 0 Å². The SMILES string of the molecule is CCCN1CCC(N(CC(=O)O)CC(=O)O)CC1. The topological polar surface area (TPSA) is 81.1 Å². The summed E-state index contributed by atoms with van der Waals surface area (Å²) < 4.78 is 0. The molecule has 6 nitrogen and oxygen atoms in total. The highest BCUT2D eigenvalue weighted by Gasteiger charge is 2.26. The molecule has 0 atom stereocenters. The number of aliphatic carboxylic acids is 2. The highest BCUT2D eigenvalue weighted by Crippen LogP contribution is 2.16. The predicted molar refractivity (Wildman–Crippen MR) is 66.6 cm³/mol. The Labute approximate surface area is 107 Å². The number of carboxylic acids is 2. The maximum Gasteiger partial charge on any atom is 0.317 e. The van der Waals surface area contributed by atoms with E-state index in [2.05, 4.69) is 11.8 Å². The van der Waals surface area contributed by atoms with Crippen molar-refractivity contribution in [3.8, 4) is 0 Å². The van der Waals surface area contributed by atoms with Crippen LogP contribution < -0.4 is 0 Å². The molecule has 18 heavy (non-hydrogen) atoms. The largest absolute Gasteiger partial charge is 0.480 e. The van der Waals surface area contributed by atoms with Crippen LogP contribution in [0.3, 0.4) is 0 Å². The van der Waals surface area contributed by atoms with Gasteiger partial charge in [0.1, 0.15) is 0 Å². The Morgan fingerprint density at radius 1 is 1.17 bits per heavy atom. The van der Waals surface area contributed by atoms with E-state index in [-0.39, 0.29) is 19.1 Å². The number of hydrogen-bond donors (Lipinski definition) is 2. The van der Waals surface area contributed by atoms with Crippen LogP contribution in [0.4, 0.5) is 0 Å². The first-order chi connectivity index (χ1) is 8.52. The number of rotatable bonds is 7. The van der Waals surface area contributed by atoms with Crippen molar-refractivity contribution in [2.24, 2.45) is 0 Å². The zero-order valence-corrected chi connectivity index (χ0v) is 10.8. The molecule has 0 amide bonds. The first-order valence-electron chi connectivity index (χ1n) is 6.43. The van der Waals surface area contributed by atoms with Crippen molar-refractivity contribution in [2.45, 2.75) is 32.2 Å². The van der Waals surface area contributed by atoms with Gasteiger partial charge in [0, 0.05) is 6.04 Å². The molecule has 1 aliphatic rings. The third kappa shape index (κ3) is 5.01. The second kappa shape index (κ2) is 7.33. The fourth-order valence-corrected chi connectivity index (χ4v) is 2.49. The van der Waals surface area contributed by atoms with Crippen LogP contribution in [0.15, 0.2) is 0 Å². The number of carbonyl (C=O) groups is 2. The molecule has 1 heterocycles. The van der Waals surface area contributed by atoms with Crippen LogP contribution in [0.5, 0.6) is 0 Å². The second-order valence-electron chi connectivity index (χ2n) is 4.77. The highest BCUT2D eigenvalue weighted by atomic mass is 16.4. The Bertz CT molecular complexity index is 272. The highest BCUT2D eigenvalue weighted by molar-refractivity contribution is 5.72. The molecule has 0 aromatic rings. The molecule has 0 bridgehead atoms. The number of likely N-dealkylation sites (tertiary alicyclic amines) is 1. The molecular formula is C12H22N2O4. The molecule has 0 aromatic heterocycles. The molecule has 0 radical (unpaired) electrons. The van der Waals surface area contributed by atoms with Gasteiger partial charge in [0.2, 0.25) is 0 Å². The van der Waals surface area contributed by atoms with Crippen LogP contribution in [0.25, 0.3) is 0 Å². The summed E-state index contributed by atoms with van der Waals surface area (Å²) in [4.78, 5) is 25.4. The van der Waals surface area contributed by atoms with Gasteiger partial charge in [0.15, 0.2) is 0 Å². The summed E-state index contributed by atoms with van der Waals surface area (Å²) >= 11 is 0. The van der Waals surface area contributed by atoms with Gasteiger partial charge in [-0.05, 0) is 38.9 Å². The van der Waals surface area contributed by atoms with Crippen LogP contribution in [0.2, 0.25) is 0 Å². The fourth-order valence-electron chi connectivity index (χ4n) is 2.49. The van der Waals surface area contributed by atoms with E-state index in [1.54, 1.807) is 4.90 Å². The maximum atomic E-state index is 10.8. The molecule has 1 fully saturated rings. The Kier molecular flexibility index (Phi) is 6.07. The van der Waals surface area contributed by atoms with Gasteiger partial charge in [-0.25, -0.2) is 0 Å². The lowest BCUT2D eigenvalue weighted by Crippen LogP contribution is -2.48. The molecule has 0 aromatic carbocycles. The summed E-state index contributed by atoms with van der Waals surface area (Å²) in [5.74, 6) is -1.93.